The maximum absolute atomic E-state index is 14.0. The summed E-state index contributed by atoms with van der Waals surface area (Å²) < 4.78 is 55.2. The third-order valence-corrected chi connectivity index (χ3v) is 4.24. The fourth-order valence-corrected chi connectivity index (χ4v) is 3.03. The average molecular weight is 317 g/mol. The first-order chi connectivity index (χ1) is 9.76. The molecule has 0 saturated carbocycles. The second-order valence-electron chi connectivity index (χ2n) is 4.40. The lowest BCUT2D eigenvalue weighted by molar-refractivity contribution is 0.267. The van der Waals surface area contributed by atoms with Crippen molar-refractivity contribution in [2.45, 2.75) is 18.4 Å². The number of rotatable bonds is 4. The molecule has 2 aromatic rings. The third kappa shape index (κ3) is 2.88. The van der Waals surface area contributed by atoms with Gasteiger partial charge < -0.3 is 5.11 Å². The van der Waals surface area contributed by atoms with Crippen molar-refractivity contribution in [1.29, 1.82) is 0 Å². The number of sulfonamides is 1. The smallest absolute Gasteiger partial charge is 0.264 e. The van der Waals surface area contributed by atoms with Gasteiger partial charge in [-0.1, -0.05) is 0 Å². The van der Waals surface area contributed by atoms with Crippen LogP contribution in [0, 0.1) is 18.6 Å². The Morgan fingerprint density at radius 2 is 2.05 bits per heavy atom. The zero-order chi connectivity index (χ0) is 15.8. The lowest BCUT2D eigenvalue weighted by Crippen LogP contribution is -2.16. The van der Waals surface area contributed by atoms with Crippen molar-refractivity contribution in [2.75, 3.05) is 4.72 Å². The van der Waals surface area contributed by atoms with E-state index in [1.54, 1.807) is 14.0 Å². The van der Waals surface area contributed by atoms with Crippen LogP contribution in [-0.2, 0) is 23.7 Å². The molecule has 1 heterocycles. The van der Waals surface area contributed by atoms with Crippen molar-refractivity contribution in [3.63, 3.8) is 0 Å². The number of aryl methyl sites for hydroxylation is 2. The Kier molecular flexibility index (Phi) is 3.97. The Bertz CT molecular complexity index is 787. The summed E-state index contributed by atoms with van der Waals surface area (Å²) in [5.41, 5.74) is -0.0986. The van der Waals surface area contributed by atoms with Gasteiger partial charge >= 0.3 is 0 Å². The molecule has 0 aliphatic heterocycles. The van der Waals surface area contributed by atoms with Crippen LogP contribution in [0.4, 0.5) is 14.5 Å². The second kappa shape index (κ2) is 5.41. The topological polar surface area (TPSA) is 84.2 Å². The summed E-state index contributed by atoms with van der Waals surface area (Å²) in [5.74, 6) is -2.32. The summed E-state index contributed by atoms with van der Waals surface area (Å²) in [4.78, 5) is -0.740. The van der Waals surface area contributed by atoms with Crippen molar-refractivity contribution < 1.29 is 22.3 Å². The predicted octanol–water partition coefficient (Wildman–Crippen LogP) is 1.30. The summed E-state index contributed by atoms with van der Waals surface area (Å²) in [7, 11) is -2.65. The Labute approximate surface area is 120 Å². The number of aliphatic hydroxyl groups excluding tert-OH is 1. The van der Waals surface area contributed by atoms with Crippen LogP contribution >= 0.6 is 0 Å². The number of aliphatic hydroxyl groups is 1. The Morgan fingerprint density at radius 1 is 1.38 bits per heavy atom. The number of hydrogen-bond acceptors (Lipinski definition) is 4. The number of halogens is 2. The van der Waals surface area contributed by atoms with Crippen LogP contribution in [0.1, 0.15) is 11.3 Å². The third-order valence-electron chi connectivity index (χ3n) is 2.86. The molecule has 0 aliphatic carbocycles. The number of aromatic nitrogens is 2. The number of hydrogen-bond donors (Lipinski definition) is 2. The summed E-state index contributed by atoms with van der Waals surface area (Å²) in [6.45, 7) is 0.644. The van der Waals surface area contributed by atoms with E-state index in [1.807, 2.05) is 0 Å². The lowest BCUT2D eigenvalue weighted by atomic mass is 10.2. The summed E-state index contributed by atoms with van der Waals surface area (Å²) >= 11 is 0. The molecule has 0 bridgehead atoms. The van der Waals surface area contributed by atoms with E-state index < -0.39 is 38.7 Å². The minimum atomic E-state index is -4.26. The van der Waals surface area contributed by atoms with Crippen LogP contribution in [0.15, 0.2) is 23.2 Å². The zero-order valence-corrected chi connectivity index (χ0v) is 12.1. The molecule has 1 aromatic carbocycles. The van der Waals surface area contributed by atoms with E-state index in [1.165, 1.54) is 10.9 Å². The van der Waals surface area contributed by atoms with E-state index in [9.17, 15) is 17.2 Å². The molecule has 21 heavy (non-hydrogen) atoms. The SMILES string of the molecule is Cc1nn(C)cc1NS(=O)(=O)c1ccc(F)c(CO)c1F. The highest BCUT2D eigenvalue weighted by Crippen LogP contribution is 2.24. The highest BCUT2D eigenvalue weighted by molar-refractivity contribution is 7.92. The first-order valence-electron chi connectivity index (χ1n) is 5.87. The fourth-order valence-electron chi connectivity index (χ4n) is 1.83. The highest BCUT2D eigenvalue weighted by Gasteiger charge is 2.24. The maximum Gasteiger partial charge on any atom is 0.264 e. The van der Waals surface area contributed by atoms with Gasteiger partial charge in [-0.2, -0.15) is 5.10 Å². The van der Waals surface area contributed by atoms with E-state index in [0.29, 0.717) is 5.69 Å². The minimum Gasteiger partial charge on any atom is -0.391 e. The van der Waals surface area contributed by atoms with Crippen LogP contribution in [0.5, 0.6) is 0 Å². The van der Waals surface area contributed by atoms with Crippen LogP contribution < -0.4 is 4.72 Å². The van der Waals surface area contributed by atoms with Gasteiger partial charge in [-0.25, -0.2) is 17.2 Å². The van der Waals surface area contributed by atoms with Gasteiger partial charge in [0.15, 0.2) is 5.82 Å². The largest absolute Gasteiger partial charge is 0.391 e. The van der Waals surface area contributed by atoms with E-state index >= 15 is 0 Å². The van der Waals surface area contributed by atoms with Crippen LogP contribution in [-0.4, -0.2) is 23.3 Å². The Hall–Kier alpha value is -2.00. The number of nitrogens with zero attached hydrogens (tertiary/aromatic N) is 2. The van der Waals surface area contributed by atoms with Gasteiger partial charge in [-0.15, -0.1) is 0 Å². The molecule has 2 N–H and O–H groups in total. The van der Waals surface area contributed by atoms with Gasteiger partial charge in [0.25, 0.3) is 10.0 Å². The van der Waals surface area contributed by atoms with Crippen molar-refractivity contribution in [2.24, 2.45) is 7.05 Å². The van der Waals surface area contributed by atoms with Gasteiger partial charge in [0, 0.05) is 13.2 Å². The number of nitrogens with one attached hydrogen (secondary N) is 1. The summed E-state index contributed by atoms with van der Waals surface area (Å²) in [6.07, 6.45) is 1.42. The Balaban J connectivity index is 2.48. The van der Waals surface area contributed by atoms with Crippen LogP contribution in [0.2, 0.25) is 0 Å². The van der Waals surface area contributed by atoms with Crippen LogP contribution in [0.25, 0.3) is 0 Å². The second-order valence-corrected chi connectivity index (χ2v) is 6.05. The van der Waals surface area contributed by atoms with Crippen molar-refractivity contribution >= 4 is 15.7 Å². The molecule has 6 nitrogen and oxygen atoms in total. The molecule has 0 radical (unpaired) electrons. The van der Waals surface area contributed by atoms with Gasteiger partial charge in [0.05, 0.1) is 23.6 Å². The molecule has 0 aliphatic rings. The van der Waals surface area contributed by atoms with E-state index in [2.05, 4.69) is 9.82 Å². The monoisotopic (exact) mass is 317 g/mol. The van der Waals surface area contributed by atoms with Gasteiger partial charge in [0.2, 0.25) is 0 Å². The normalized spacial score (nSPS) is 11.7. The van der Waals surface area contributed by atoms with Gasteiger partial charge in [-0.05, 0) is 19.1 Å². The van der Waals surface area contributed by atoms with E-state index in [0.717, 1.165) is 12.1 Å². The molecule has 0 spiro atoms. The molecule has 9 heteroatoms. The quantitative estimate of drug-likeness (QED) is 0.890. The summed E-state index contributed by atoms with van der Waals surface area (Å²) in [5, 5.41) is 12.9. The maximum atomic E-state index is 14.0. The molecule has 0 amide bonds. The standard InChI is InChI=1S/C12H13F2N3O3S/c1-7-10(5-17(2)15-7)16-21(19,20)11-4-3-9(13)8(6-18)12(11)14/h3-5,16,18H,6H2,1-2H3. The van der Waals surface area contributed by atoms with Crippen LogP contribution in [0.3, 0.4) is 0 Å². The molecule has 0 saturated heterocycles. The van der Waals surface area contributed by atoms with Gasteiger partial charge in [-0.3, -0.25) is 9.40 Å². The van der Waals surface area contributed by atoms with Crippen molar-refractivity contribution in [1.82, 2.24) is 9.78 Å². The zero-order valence-electron chi connectivity index (χ0n) is 11.3. The molecular weight excluding hydrogens is 304 g/mol. The average Bonchev–Trinajstić information content (AvgIpc) is 2.67. The molecule has 1 aromatic heterocycles. The van der Waals surface area contributed by atoms with Crippen molar-refractivity contribution in [3.05, 3.63) is 41.2 Å². The van der Waals surface area contributed by atoms with Crippen molar-refractivity contribution in [3.8, 4) is 0 Å². The molecule has 2 rings (SSSR count). The first kappa shape index (κ1) is 15.4. The molecule has 0 fully saturated rings. The molecular formula is C12H13F2N3O3S. The lowest BCUT2D eigenvalue weighted by Gasteiger charge is -2.10. The highest BCUT2D eigenvalue weighted by atomic mass is 32.2. The number of benzene rings is 1. The molecule has 0 unspecified atom stereocenters. The first-order valence-corrected chi connectivity index (χ1v) is 7.35. The summed E-state index contributed by atoms with van der Waals surface area (Å²) in [6, 6.07) is 1.59. The van der Waals surface area contributed by atoms with E-state index in [-0.39, 0.29) is 5.69 Å². The minimum absolute atomic E-state index is 0.187. The molecule has 114 valence electrons. The molecule has 0 atom stereocenters. The van der Waals surface area contributed by atoms with E-state index in [4.69, 9.17) is 5.11 Å². The number of anilines is 1. The predicted molar refractivity (Wildman–Crippen MR) is 71.0 cm³/mol. The Morgan fingerprint density at radius 3 is 2.57 bits per heavy atom. The fraction of sp³-hybridized carbons (Fsp3) is 0.250. The van der Waals surface area contributed by atoms with Gasteiger partial charge in [0.1, 0.15) is 10.7 Å².